The van der Waals surface area contributed by atoms with Crippen LogP contribution >= 0.6 is 0 Å². The molecule has 0 aliphatic carbocycles. The number of anilines is 1. The van der Waals surface area contributed by atoms with Crippen molar-refractivity contribution in [2.45, 2.75) is 25.4 Å². The van der Waals surface area contributed by atoms with Crippen LogP contribution in [0.25, 0.3) is 4.98 Å². The zero-order valence-corrected chi connectivity index (χ0v) is 17.4. The largest absolute Gasteiger partial charge is 0.385 e. The molecule has 1 heterocycles. The van der Waals surface area contributed by atoms with Gasteiger partial charge in [0.1, 0.15) is 5.54 Å². The smallest absolute Gasteiger partial charge is 0.335 e. The number of nitrogens with one attached hydrogen (secondary N) is 1. The van der Waals surface area contributed by atoms with Crippen molar-refractivity contribution in [2.75, 3.05) is 4.90 Å². The Morgan fingerprint density at radius 3 is 2.10 bits per heavy atom. The van der Waals surface area contributed by atoms with Gasteiger partial charge in [0, 0.05) is 23.4 Å². The number of amides is 2. The molecule has 6 heteroatoms. The van der Waals surface area contributed by atoms with Crippen molar-refractivity contribution in [3.05, 3.63) is 101 Å². The maximum atomic E-state index is 13.6. The van der Waals surface area contributed by atoms with Crippen LogP contribution in [-0.4, -0.2) is 17.4 Å². The normalized spacial score (nSPS) is 20.1. The van der Waals surface area contributed by atoms with Gasteiger partial charge < -0.3 is 5.32 Å². The fourth-order valence-electron chi connectivity index (χ4n) is 4.24. The van der Waals surface area contributed by atoms with Crippen LogP contribution in [0.3, 0.4) is 0 Å². The summed E-state index contributed by atoms with van der Waals surface area (Å²) in [5.74, 6) is -0.640. The van der Waals surface area contributed by atoms with Crippen LogP contribution in [0, 0.1) is 11.3 Å². The van der Waals surface area contributed by atoms with Gasteiger partial charge in [-0.25, -0.2) is 0 Å². The van der Waals surface area contributed by atoms with Crippen molar-refractivity contribution in [3.8, 4) is 0 Å². The number of para-hydroxylation sites is 1. The third-order valence-electron chi connectivity index (χ3n) is 5.89. The number of nitrogens with zero attached hydrogens (tertiary/aromatic N) is 3. The Bertz CT molecular complexity index is 1140. The second-order valence-corrected chi connectivity index (χ2v) is 7.95. The number of benzene rings is 3. The van der Waals surface area contributed by atoms with Crippen LogP contribution in [0.4, 0.5) is 11.4 Å². The number of diazo groups is 1. The zero-order chi connectivity index (χ0) is 22.0. The molecular formula is C25H23N4O2+. The molecule has 6 nitrogen and oxygen atoms in total. The lowest BCUT2D eigenvalue weighted by Gasteiger charge is -2.58. The molecule has 0 radical (unpaired) electrons. The predicted octanol–water partition coefficient (Wildman–Crippen LogP) is 5.08. The van der Waals surface area contributed by atoms with Crippen molar-refractivity contribution in [1.82, 2.24) is 5.32 Å². The third-order valence-corrected chi connectivity index (χ3v) is 5.89. The first-order valence-electron chi connectivity index (χ1n) is 10.2. The summed E-state index contributed by atoms with van der Waals surface area (Å²) in [6.45, 7) is 3.90. The summed E-state index contributed by atoms with van der Waals surface area (Å²) in [5.41, 5.74) is 1.40. The van der Waals surface area contributed by atoms with Crippen molar-refractivity contribution in [2.24, 2.45) is 5.92 Å². The van der Waals surface area contributed by atoms with Gasteiger partial charge in [0.15, 0.2) is 4.98 Å². The third kappa shape index (κ3) is 3.34. The van der Waals surface area contributed by atoms with Gasteiger partial charge >= 0.3 is 5.69 Å². The molecule has 3 aromatic rings. The summed E-state index contributed by atoms with van der Waals surface area (Å²) < 4.78 is 0. The van der Waals surface area contributed by atoms with Gasteiger partial charge in [0.05, 0.1) is 6.04 Å². The number of rotatable bonds is 5. The first kappa shape index (κ1) is 20.3. The summed E-state index contributed by atoms with van der Waals surface area (Å²) in [6.07, 6.45) is 0. The summed E-state index contributed by atoms with van der Waals surface area (Å²) in [4.78, 5) is 31.7. The number of carbonyl (C=O) groups excluding carboxylic acids is 2. The zero-order valence-electron chi connectivity index (χ0n) is 17.4. The molecule has 1 N–H and O–H groups in total. The highest BCUT2D eigenvalue weighted by Gasteiger charge is 2.64. The van der Waals surface area contributed by atoms with Gasteiger partial charge in [-0.2, -0.15) is 0 Å². The number of carbonyl (C=O) groups is 2. The molecule has 0 unspecified atom stereocenters. The SMILES string of the molecule is CC(C)[C@]1(NC(=O)c2ccc([N+]#N)cc2)C(=O)N(c2ccccc2)[C@@H]1c1ccccc1. The molecule has 4 rings (SSSR count). The summed E-state index contributed by atoms with van der Waals surface area (Å²) in [5, 5.41) is 11.9. The molecule has 1 saturated heterocycles. The fraction of sp³-hybridized carbons (Fsp3) is 0.200. The summed E-state index contributed by atoms with van der Waals surface area (Å²) in [7, 11) is 0. The highest BCUT2D eigenvalue weighted by atomic mass is 16.2. The minimum absolute atomic E-state index is 0.141. The van der Waals surface area contributed by atoms with Crippen molar-refractivity contribution in [3.63, 3.8) is 0 Å². The van der Waals surface area contributed by atoms with E-state index in [0.717, 1.165) is 11.3 Å². The molecule has 154 valence electrons. The first-order valence-corrected chi connectivity index (χ1v) is 10.2. The van der Waals surface area contributed by atoms with Gasteiger partial charge in [-0.3, -0.25) is 14.5 Å². The van der Waals surface area contributed by atoms with Crippen LogP contribution in [0.1, 0.15) is 35.8 Å². The van der Waals surface area contributed by atoms with Crippen molar-refractivity contribution in [1.29, 1.82) is 5.39 Å². The Balaban J connectivity index is 1.76. The molecule has 2 amide bonds. The minimum atomic E-state index is -1.09. The second kappa shape index (κ2) is 8.04. The van der Waals surface area contributed by atoms with E-state index in [1.54, 1.807) is 29.2 Å². The number of hydrogen-bond acceptors (Lipinski definition) is 3. The van der Waals surface area contributed by atoms with Crippen LogP contribution < -0.4 is 10.2 Å². The molecule has 1 fully saturated rings. The monoisotopic (exact) mass is 411 g/mol. The molecule has 2 atom stereocenters. The first-order chi connectivity index (χ1) is 15.0. The van der Waals surface area contributed by atoms with E-state index < -0.39 is 5.54 Å². The van der Waals surface area contributed by atoms with E-state index in [9.17, 15) is 9.59 Å². The quantitative estimate of drug-likeness (QED) is 0.470. The van der Waals surface area contributed by atoms with Gasteiger partial charge in [-0.15, -0.1) is 0 Å². The van der Waals surface area contributed by atoms with Gasteiger partial charge in [-0.1, -0.05) is 62.4 Å². The van der Waals surface area contributed by atoms with E-state index in [2.05, 4.69) is 10.3 Å². The molecule has 1 aliphatic heterocycles. The molecule has 1 aliphatic rings. The van der Waals surface area contributed by atoms with E-state index in [1.165, 1.54) is 0 Å². The van der Waals surface area contributed by atoms with Crippen LogP contribution in [0.5, 0.6) is 0 Å². The van der Waals surface area contributed by atoms with E-state index in [0.29, 0.717) is 11.3 Å². The van der Waals surface area contributed by atoms with E-state index >= 15 is 0 Å². The molecule has 3 aromatic carbocycles. The Kier molecular flexibility index (Phi) is 5.26. The van der Waals surface area contributed by atoms with Gasteiger partial charge in [0.2, 0.25) is 5.39 Å². The Morgan fingerprint density at radius 2 is 1.55 bits per heavy atom. The highest BCUT2D eigenvalue weighted by Crippen LogP contribution is 2.50. The topological polar surface area (TPSA) is 77.6 Å². The maximum Gasteiger partial charge on any atom is 0.385 e. The predicted molar refractivity (Wildman–Crippen MR) is 119 cm³/mol. The van der Waals surface area contributed by atoms with Crippen LogP contribution in [-0.2, 0) is 4.79 Å². The Morgan fingerprint density at radius 1 is 0.968 bits per heavy atom. The van der Waals surface area contributed by atoms with Crippen molar-refractivity contribution < 1.29 is 9.59 Å². The lowest BCUT2D eigenvalue weighted by Crippen LogP contribution is -2.78. The minimum Gasteiger partial charge on any atom is -0.335 e. The van der Waals surface area contributed by atoms with E-state index in [1.807, 2.05) is 74.5 Å². The van der Waals surface area contributed by atoms with Gasteiger partial charge in [-0.05, 0) is 35.7 Å². The molecule has 0 aromatic heterocycles. The second-order valence-electron chi connectivity index (χ2n) is 7.95. The molecule has 0 saturated carbocycles. The summed E-state index contributed by atoms with van der Waals surface area (Å²) in [6, 6.07) is 25.2. The van der Waals surface area contributed by atoms with Crippen molar-refractivity contribution >= 4 is 23.2 Å². The Labute approximate surface area is 181 Å². The number of β-lactam (4-membered cyclic amide) rings is 1. The number of hydrogen-bond donors (Lipinski definition) is 1. The fourth-order valence-corrected chi connectivity index (χ4v) is 4.24. The standard InChI is InChI=1S/C25H22N4O2/c1-17(2)25(27-23(30)19-13-15-20(28-26)16-14-19)22(18-9-5-3-6-10-18)29(24(25)31)21-11-7-4-8-12-21/h3-17,22H,1-2H3/p+1/t22-,25-/m1/s1. The van der Waals surface area contributed by atoms with E-state index in [4.69, 9.17) is 5.39 Å². The average molecular weight is 411 g/mol. The maximum absolute atomic E-state index is 13.6. The van der Waals surface area contributed by atoms with Gasteiger partial charge in [0.25, 0.3) is 11.8 Å². The average Bonchev–Trinajstić information content (AvgIpc) is 2.81. The van der Waals surface area contributed by atoms with Crippen LogP contribution in [0.15, 0.2) is 84.9 Å². The lowest BCUT2D eigenvalue weighted by atomic mass is 9.67. The molecule has 31 heavy (non-hydrogen) atoms. The van der Waals surface area contributed by atoms with Crippen LogP contribution in [0.2, 0.25) is 0 Å². The van der Waals surface area contributed by atoms with E-state index in [-0.39, 0.29) is 23.8 Å². The Hall–Kier alpha value is -3.98. The molecule has 0 spiro atoms. The highest BCUT2D eigenvalue weighted by molar-refractivity contribution is 6.12. The lowest BCUT2D eigenvalue weighted by molar-refractivity contribution is -0.137. The molecular weight excluding hydrogens is 388 g/mol. The molecule has 0 bridgehead atoms. The summed E-state index contributed by atoms with van der Waals surface area (Å²) >= 11 is 0.